The summed E-state index contributed by atoms with van der Waals surface area (Å²) in [5.74, 6) is -0.973. The molecule has 1 N–H and O–H groups in total. The van der Waals surface area contributed by atoms with E-state index in [1.807, 2.05) is 0 Å². The summed E-state index contributed by atoms with van der Waals surface area (Å²) >= 11 is 1.11. The molecule has 0 saturated heterocycles. The Labute approximate surface area is 100.0 Å². The van der Waals surface area contributed by atoms with Crippen molar-refractivity contribution in [3.8, 4) is 0 Å². The zero-order valence-corrected chi connectivity index (χ0v) is 9.84. The first-order valence-corrected chi connectivity index (χ1v) is 4.96. The van der Waals surface area contributed by atoms with Crippen LogP contribution in [0.2, 0.25) is 0 Å². The smallest absolute Gasteiger partial charge is 0.310 e. The van der Waals surface area contributed by atoms with Crippen LogP contribution in [0.1, 0.15) is 10.7 Å². The second-order valence-electron chi connectivity index (χ2n) is 3.00. The lowest BCUT2D eigenvalue weighted by Crippen LogP contribution is -2.14. The van der Waals surface area contributed by atoms with E-state index in [4.69, 9.17) is 5.11 Å². The van der Waals surface area contributed by atoms with E-state index in [9.17, 15) is 9.59 Å². The van der Waals surface area contributed by atoms with Crippen molar-refractivity contribution < 1.29 is 9.90 Å². The molecule has 0 aliphatic carbocycles. The predicted molar refractivity (Wildman–Crippen MR) is 60.5 cm³/mol. The number of aryl methyl sites for hydroxylation is 1. The van der Waals surface area contributed by atoms with E-state index in [1.54, 1.807) is 6.92 Å². The van der Waals surface area contributed by atoms with Gasteiger partial charge in [-0.1, -0.05) is 11.3 Å². The molecule has 2 aromatic heterocycles. The Morgan fingerprint density at radius 3 is 2.94 bits per heavy atom. The maximum Gasteiger partial charge on any atom is 0.310 e. The van der Waals surface area contributed by atoms with E-state index < -0.39 is 5.97 Å². The molecule has 16 heavy (non-hydrogen) atoms. The third-order valence-electron chi connectivity index (χ3n) is 1.72. The second-order valence-corrected chi connectivity index (χ2v) is 4.04. The molecule has 0 saturated carbocycles. The van der Waals surface area contributed by atoms with Gasteiger partial charge in [0.25, 0.3) is 5.56 Å². The Balaban J connectivity index is 0.00000128. The Kier molecular flexibility index (Phi) is 3.61. The maximum atomic E-state index is 11.4. The molecule has 2 heterocycles. The Morgan fingerprint density at radius 1 is 1.62 bits per heavy atom. The van der Waals surface area contributed by atoms with E-state index in [0.717, 1.165) is 15.9 Å². The molecule has 0 bridgehead atoms. The zero-order chi connectivity index (χ0) is 11.0. The van der Waals surface area contributed by atoms with E-state index >= 15 is 0 Å². The Hall–Kier alpha value is -1.47. The van der Waals surface area contributed by atoms with Gasteiger partial charge in [-0.05, 0) is 6.92 Å². The highest BCUT2D eigenvalue weighted by molar-refractivity contribution is 7.16. The molecule has 0 aliphatic rings. The van der Waals surface area contributed by atoms with E-state index in [2.05, 4.69) is 10.1 Å². The first kappa shape index (κ1) is 12.6. The van der Waals surface area contributed by atoms with Crippen molar-refractivity contribution in [2.45, 2.75) is 13.3 Å². The molecule has 6 nitrogen and oxygen atoms in total. The number of hydrogen-bond donors (Lipinski definition) is 1. The molecule has 0 atom stereocenters. The van der Waals surface area contributed by atoms with E-state index in [1.165, 1.54) is 6.07 Å². The van der Waals surface area contributed by atoms with Crippen molar-refractivity contribution in [2.24, 2.45) is 0 Å². The molecule has 8 heteroatoms. The van der Waals surface area contributed by atoms with Crippen LogP contribution in [-0.4, -0.2) is 25.7 Å². The normalized spacial score (nSPS) is 10.1. The summed E-state index contributed by atoms with van der Waals surface area (Å²) in [6, 6.07) is 1.36. The Bertz CT molecular complexity index is 592. The van der Waals surface area contributed by atoms with Crippen LogP contribution < -0.4 is 5.56 Å². The number of halogens is 1. The van der Waals surface area contributed by atoms with Gasteiger partial charge in [0.2, 0.25) is 4.96 Å². The minimum absolute atomic E-state index is 0. The highest BCUT2D eigenvalue weighted by atomic mass is 35.5. The van der Waals surface area contributed by atoms with Crippen LogP contribution in [0.15, 0.2) is 10.9 Å². The summed E-state index contributed by atoms with van der Waals surface area (Å²) in [6.07, 6.45) is -0.188. The van der Waals surface area contributed by atoms with Crippen molar-refractivity contribution >= 4 is 34.7 Å². The van der Waals surface area contributed by atoms with Gasteiger partial charge < -0.3 is 5.11 Å². The molecule has 86 valence electrons. The summed E-state index contributed by atoms with van der Waals surface area (Å²) < 4.78 is 1.12. The van der Waals surface area contributed by atoms with Gasteiger partial charge in [0.15, 0.2) is 0 Å². The lowest BCUT2D eigenvalue weighted by molar-refractivity contribution is -0.136. The van der Waals surface area contributed by atoms with Crippen molar-refractivity contribution in [3.05, 3.63) is 27.1 Å². The molecule has 0 aromatic carbocycles. The summed E-state index contributed by atoms with van der Waals surface area (Å²) in [6.45, 7) is 1.71. The van der Waals surface area contributed by atoms with Gasteiger partial charge in [-0.25, -0.2) is 4.98 Å². The van der Waals surface area contributed by atoms with Gasteiger partial charge in [-0.2, -0.15) is 9.61 Å². The molecule has 0 aliphatic heterocycles. The minimum atomic E-state index is -0.973. The highest BCUT2D eigenvalue weighted by Crippen LogP contribution is 2.11. The monoisotopic (exact) mass is 261 g/mol. The quantitative estimate of drug-likeness (QED) is 0.851. The minimum Gasteiger partial charge on any atom is -0.481 e. The number of rotatable bonds is 2. The van der Waals surface area contributed by atoms with Crippen LogP contribution in [0, 0.1) is 6.92 Å². The maximum absolute atomic E-state index is 11.4. The molecule has 0 fully saturated rings. The summed E-state index contributed by atoms with van der Waals surface area (Å²) in [7, 11) is 0. The zero-order valence-electron chi connectivity index (χ0n) is 8.21. The van der Waals surface area contributed by atoms with E-state index in [-0.39, 0.29) is 24.4 Å². The third-order valence-corrected chi connectivity index (χ3v) is 2.63. The lowest BCUT2D eigenvalue weighted by Gasteiger charge is -1.89. The van der Waals surface area contributed by atoms with Crippen molar-refractivity contribution in [1.82, 2.24) is 14.6 Å². The molecular weight excluding hydrogens is 254 g/mol. The highest BCUT2D eigenvalue weighted by Gasteiger charge is 2.09. The van der Waals surface area contributed by atoms with Crippen molar-refractivity contribution in [1.29, 1.82) is 0 Å². The fraction of sp³-hybridized carbons (Fsp3) is 0.250. The average molecular weight is 262 g/mol. The number of carboxylic acids is 1. The van der Waals surface area contributed by atoms with Crippen molar-refractivity contribution in [2.75, 3.05) is 0 Å². The van der Waals surface area contributed by atoms with Crippen LogP contribution in [-0.2, 0) is 11.2 Å². The predicted octanol–water partition coefficient (Wildman–Crippen LogP) is 0.508. The van der Waals surface area contributed by atoms with Crippen LogP contribution in [0.5, 0.6) is 0 Å². The van der Waals surface area contributed by atoms with Gasteiger partial charge >= 0.3 is 5.97 Å². The van der Waals surface area contributed by atoms with Gasteiger partial charge in [0, 0.05) is 11.8 Å². The Morgan fingerprint density at radius 2 is 2.31 bits per heavy atom. The van der Waals surface area contributed by atoms with Crippen LogP contribution in [0.25, 0.3) is 4.96 Å². The van der Waals surface area contributed by atoms with Gasteiger partial charge in [0.1, 0.15) is 5.01 Å². The van der Waals surface area contributed by atoms with Gasteiger partial charge in [0.05, 0.1) is 6.42 Å². The SMILES string of the molecule is Cc1cc(=O)n2nc(CC(=O)O)sc2n1.Cl. The van der Waals surface area contributed by atoms with Crippen LogP contribution in [0.4, 0.5) is 0 Å². The van der Waals surface area contributed by atoms with Gasteiger partial charge in [-0.3, -0.25) is 9.59 Å². The van der Waals surface area contributed by atoms with Crippen molar-refractivity contribution in [3.63, 3.8) is 0 Å². The molecule has 2 rings (SSSR count). The fourth-order valence-electron chi connectivity index (χ4n) is 1.16. The summed E-state index contributed by atoms with van der Waals surface area (Å²) in [5.41, 5.74) is 0.316. The molecule has 0 spiro atoms. The summed E-state index contributed by atoms with van der Waals surface area (Å²) in [4.78, 5) is 26.4. The van der Waals surface area contributed by atoms with Gasteiger partial charge in [-0.15, -0.1) is 12.4 Å². The third kappa shape index (κ3) is 2.37. The fourth-order valence-corrected chi connectivity index (χ4v) is 2.10. The number of hydrogen-bond acceptors (Lipinski definition) is 5. The number of fused-ring (bicyclic) bond motifs is 1. The average Bonchev–Trinajstić information content (AvgIpc) is 2.45. The standard InChI is InChI=1S/C8H7N3O3S.ClH/c1-4-2-6(12)11-8(9-4)15-5(10-11)3-7(13)14;/h2H,3H2,1H3,(H,13,14);1H. The molecule has 0 amide bonds. The lowest BCUT2D eigenvalue weighted by atomic mass is 10.5. The number of nitrogens with zero attached hydrogens (tertiary/aromatic N) is 3. The number of carbonyl (C=O) groups is 1. The molecule has 2 aromatic rings. The van der Waals surface area contributed by atoms with E-state index in [0.29, 0.717) is 15.7 Å². The topological polar surface area (TPSA) is 84.6 Å². The molecule has 0 unspecified atom stereocenters. The van der Waals surface area contributed by atoms with Crippen LogP contribution >= 0.6 is 23.7 Å². The summed E-state index contributed by atoms with van der Waals surface area (Å²) in [5, 5.41) is 12.8. The number of carboxylic acid groups (broad SMARTS) is 1. The molecule has 0 radical (unpaired) electrons. The number of aromatic nitrogens is 3. The van der Waals surface area contributed by atoms with Crippen LogP contribution in [0.3, 0.4) is 0 Å². The largest absolute Gasteiger partial charge is 0.481 e. The molecular formula is C8H8ClN3O3S. The first-order valence-electron chi connectivity index (χ1n) is 4.14. The number of aliphatic carboxylic acids is 1. The first-order chi connectivity index (χ1) is 7.06. The second kappa shape index (κ2) is 4.58.